The Morgan fingerprint density at radius 3 is 2.57 bits per heavy atom. The fourth-order valence-electron chi connectivity index (χ4n) is 1.09. The van der Waals surface area contributed by atoms with Gasteiger partial charge in [0.25, 0.3) is 0 Å². The summed E-state index contributed by atoms with van der Waals surface area (Å²) in [6, 6.07) is 3.95. The van der Waals surface area contributed by atoms with Crippen LogP contribution < -0.4 is 5.43 Å². The number of thiophene rings is 1. The molecule has 1 aromatic heterocycles. The predicted molar refractivity (Wildman–Crippen MR) is 59.2 cm³/mol. The zero-order valence-corrected chi connectivity index (χ0v) is 9.81. The second kappa shape index (κ2) is 4.11. The first-order valence-corrected chi connectivity index (χ1v) is 5.35. The standard InChI is InChI=1S/C10H16N2OS/c1-10(2,8-6-5-7-14-8)9(13)11-12(3)4/h5-7H,1-4H3,(H,11,13). The maximum absolute atomic E-state index is 11.8. The number of amides is 1. The lowest BCUT2D eigenvalue weighted by Gasteiger charge is -2.24. The molecule has 1 heterocycles. The van der Waals surface area contributed by atoms with Gasteiger partial charge in [-0.25, -0.2) is 5.01 Å². The molecule has 0 aliphatic heterocycles. The van der Waals surface area contributed by atoms with Crippen LogP contribution in [0.25, 0.3) is 0 Å². The van der Waals surface area contributed by atoms with Crippen molar-refractivity contribution in [1.29, 1.82) is 0 Å². The summed E-state index contributed by atoms with van der Waals surface area (Å²) in [4.78, 5) is 12.9. The van der Waals surface area contributed by atoms with Crippen LogP contribution in [0.15, 0.2) is 17.5 Å². The number of rotatable bonds is 3. The van der Waals surface area contributed by atoms with E-state index in [2.05, 4.69) is 5.43 Å². The van der Waals surface area contributed by atoms with Crippen molar-refractivity contribution in [3.05, 3.63) is 22.4 Å². The molecule has 0 fully saturated rings. The second-order valence-electron chi connectivity index (χ2n) is 3.94. The third-order valence-electron chi connectivity index (χ3n) is 2.03. The molecule has 1 rings (SSSR count). The number of carbonyl (C=O) groups excluding carboxylic acids is 1. The van der Waals surface area contributed by atoms with Crippen molar-refractivity contribution >= 4 is 17.2 Å². The van der Waals surface area contributed by atoms with Crippen molar-refractivity contribution in [3.63, 3.8) is 0 Å². The molecule has 0 aliphatic rings. The highest BCUT2D eigenvalue weighted by molar-refractivity contribution is 7.10. The monoisotopic (exact) mass is 212 g/mol. The van der Waals surface area contributed by atoms with Gasteiger partial charge in [-0.1, -0.05) is 6.07 Å². The molecule has 0 radical (unpaired) electrons. The SMILES string of the molecule is CN(C)NC(=O)C(C)(C)c1cccs1. The van der Waals surface area contributed by atoms with Crippen LogP contribution in [0.5, 0.6) is 0 Å². The summed E-state index contributed by atoms with van der Waals surface area (Å²) in [5, 5.41) is 3.65. The van der Waals surface area contributed by atoms with E-state index in [1.54, 1.807) is 16.3 Å². The molecule has 4 heteroatoms. The van der Waals surface area contributed by atoms with Crippen LogP contribution in [-0.4, -0.2) is 25.0 Å². The molecule has 0 spiro atoms. The van der Waals surface area contributed by atoms with Crippen molar-refractivity contribution in [2.75, 3.05) is 14.1 Å². The molecule has 0 bridgehead atoms. The van der Waals surface area contributed by atoms with E-state index in [-0.39, 0.29) is 5.91 Å². The second-order valence-corrected chi connectivity index (χ2v) is 4.89. The highest BCUT2D eigenvalue weighted by Gasteiger charge is 2.30. The normalized spacial score (nSPS) is 11.8. The van der Waals surface area contributed by atoms with Crippen molar-refractivity contribution in [3.8, 4) is 0 Å². The summed E-state index contributed by atoms with van der Waals surface area (Å²) in [7, 11) is 3.62. The average molecular weight is 212 g/mol. The molecular weight excluding hydrogens is 196 g/mol. The molecule has 0 atom stereocenters. The van der Waals surface area contributed by atoms with E-state index >= 15 is 0 Å². The summed E-state index contributed by atoms with van der Waals surface area (Å²) < 4.78 is 0. The van der Waals surface area contributed by atoms with Gasteiger partial charge in [0.05, 0.1) is 5.41 Å². The van der Waals surface area contributed by atoms with Crippen LogP contribution in [0.1, 0.15) is 18.7 Å². The van der Waals surface area contributed by atoms with Crippen LogP contribution in [0.4, 0.5) is 0 Å². The Hall–Kier alpha value is -0.870. The molecule has 3 nitrogen and oxygen atoms in total. The molecule has 0 saturated carbocycles. The fourth-order valence-corrected chi connectivity index (χ4v) is 1.94. The summed E-state index contributed by atoms with van der Waals surface area (Å²) in [6.45, 7) is 3.86. The van der Waals surface area contributed by atoms with Gasteiger partial charge in [0.2, 0.25) is 5.91 Å². The first kappa shape index (κ1) is 11.2. The number of nitrogens with one attached hydrogen (secondary N) is 1. The van der Waals surface area contributed by atoms with Crippen molar-refractivity contribution in [1.82, 2.24) is 10.4 Å². The predicted octanol–water partition coefficient (Wildman–Crippen LogP) is 1.62. The minimum absolute atomic E-state index is 0.0185. The molecule has 0 saturated heterocycles. The van der Waals surface area contributed by atoms with Gasteiger partial charge in [-0.3, -0.25) is 10.2 Å². The number of hydrogen-bond donors (Lipinski definition) is 1. The molecule has 1 amide bonds. The fraction of sp³-hybridized carbons (Fsp3) is 0.500. The van der Waals surface area contributed by atoms with E-state index in [4.69, 9.17) is 0 Å². The number of hydrogen-bond acceptors (Lipinski definition) is 3. The van der Waals surface area contributed by atoms with Gasteiger partial charge in [0, 0.05) is 19.0 Å². The number of nitrogens with zero attached hydrogens (tertiary/aromatic N) is 1. The maximum Gasteiger partial charge on any atom is 0.245 e. The summed E-state index contributed by atoms with van der Waals surface area (Å²) >= 11 is 1.61. The molecule has 78 valence electrons. The molecule has 1 aromatic rings. The van der Waals surface area contributed by atoms with Crippen molar-refractivity contribution in [2.24, 2.45) is 0 Å². The van der Waals surface area contributed by atoms with Gasteiger partial charge in [-0.15, -0.1) is 11.3 Å². The summed E-state index contributed by atoms with van der Waals surface area (Å²) in [5.41, 5.74) is 2.31. The molecular formula is C10H16N2OS. The Bertz CT molecular complexity index is 304. The summed E-state index contributed by atoms with van der Waals surface area (Å²) in [5.74, 6) is 0.0185. The lowest BCUT2D eigenvalue weighted by Crippen LogP contribution is -2.45. The Labute approximate surface area is 88.7 Å². The lowest BCUT2D eigenvalue weighted by atomic mass is 9.91. The van der Waals surface area contributed by atoms with E-state index in [0.717, 1.165) is 4.88 Å². The van der Waals surface area contributed by atoms with Gasteiger partial charge >= 0.3 is 0 Å². The smallest absolute Gasteiger partial charge is 0.245 e. The van der Waals surface area contributed by atoms with Crippen molar-refractivity contribution in [2.45, 2.75) is 19.3 Å². The average Bonchev–Trinajstić information content (AvgIpc) is 2.54. The van der Waals surface area contributed by atoms with Crippen LogP contribution >= 0.6 is 11.3 Å². The lowest BCUT2D eigenvalue weighted by molar-refractivity contribution is -0.129. The topological polar surface area (TPSA) is 32.3 Å². The van der Waals surface area contributed by atoms with Crippen molar-refractivity contribution < 1.29 is 4.79 Å². The third kappa shape index (κ3) is 2.33. The van der Waals surface area contributed by atoms with Crippen LogP contribution in [0.2, 0.25) is 0 Å². The quantitative estimate of drug-likeness (QED) is 0.772. The first-order chi connectivity index (χ1) is 6.44. The molecule has 0 aromatic carbocycles. The molecule has 0 aliphatic carbocycles. The van der Waals surface area contributed by atoms with Gasteiger partial charge in [0.1, 0.15) is 0 Å². The number of hydrazine groups is 1. The van der Waals surface area contributed by atoms with Gasteiger partial charge < -0.3 is 0 Å². The van der Waals surface area contributed by atoms with E-state index in [1.165, 1.54) is 0 Å². The van der Waals surface area contributed by atoms with E-state index < -0.39 is 5.41 Å². The van der Waals surface area contributed by atoms with Crippen LogP contribution in [0.3, 0.4) is 0 Å². The Morgan fingerprint density at radius 2 is 2.14 bits per heavy atom. The Morgan fingerprint density at radius 1 is 1.50 bits per heavy atom. The first-order valence-electron chi connectivity index (χ1n) is 4.47. The van der Waals surface area contributed by atoms with Crippen LogP contribution in [-0.2, 0) is 10.2 Å². The Kier molecular flexibility index (Phi) is 3.29. The summed E-state index contributed by atoms with van der Waals surface area (Å²) in [6.07, 6.45) is 0. The van der Waals surface area contributed by atoms with E-state index in [0.29, 0.717) is 0 Å². The highest BCUT2D eigenvalue weighted by atomic mass is 32.1. The zero-order valence-electron chi connectivity index (χ0n) is 9.00. The van der Waals surface area contributed by atoms with Crippen LogP contribution in [0, 0.1) is 0 Å². The molecule has 14 heavy (non-hydrogen) atoms. The van der Waals surface area contributed by atoms with Gasteiger partial charge in [0.15, 0.2) is 0 Å². The van der Waals surface area contributed by atoms with Gasteiger partial charge in [-0.2, -0.15) is 0 Å². The zero-order chi connectivity index (χ0) is 10.8. The highest BCUT2D eigenvalue weighted by Crippen LogP contribution is 2.27. The third-order valence-corrected chi connectivity index (χ3v) is 3.22. The van der Waals surface area contributed by atoms with E-state index in [9.17, 15) is 4.79 Å². The maximum atomic E-state index is 11.8. The molecule has 0 unspecified atom stereocenters. The minimum atomic E-state index is -0.460. The molecule has 1 N–H and O–H groups in total. The Balaban J connectivity index is 2.80. The van der Waals surface area contributed by atoms with Gasteiger partial charge in [-0.05, 0) is 25.3 Å². The number of carbonyl (C=O) groups is 1. The largest absolute Gasteiger partial charge is 0.289 e. The van der Waals surface area contributed by atoms with E-state index in [1.807, 2.05) is 45.5 Å². The minimum Gasteiger partial charge on any atom is -0.289 e.